The maximum absolute atomic E-state index is 12.2. The molecule has 0 aliphatic carbocycles. The van der Waals surface area contributed by atoms with Crippen molar-refractivity contribution < 1.29 is 4.79 Å². The number of nitrogens with zero attached hydrogens (tertiary/aromatic N) is 4. The zero-order valence-corrected chi connectivity index (χ0v) is 12.0. The van der Waals surface area contributed by atoms with Crippen LogP contribution in [0.1, 0.15) is 18.5 Å². The number of hydrogen-bond acceptors (Lipinski definition) is 4. The average Bonchev–Trinajstić information content (AvgIpc) is 2.85. The largest absolute Gasteiger partial charge is 0.339 e. The van der Waals surface area contributed by atoms with Gasteiger partial charge in [0, 0.05) is 51.0 Å². The molecule has 6 nitrogen and oxygen atoms in total. The quantitative estimate of drug-likeness (QED) is 0.822. The normalized spacial score (nSPS) is 17.8. The average molecular weight is 265 g/mol. The highest BCUT2D eigenvalue weighted by Gasteiger charge is 2.21. The number of nitrogens with one attached hydrogen (secondary N) is 1. The molecule has 19 heavy (non-hydrogen) atoms. The fourth-order valence-electron chi connectivity index (χ4n) is 2.27. The Bertz CT molecular complexity index is 424. The molecular weight excluding hydrogens is 242 g/mol. The van der Waals surface area contributed by atoms with Crippen LogP contribution in [0.4, 0.5) is 0 Å². The summed E-state index contributed by atoms with van der Waals surface area (Å²) >= 11 is 0. The second-order valence-electron chi connectivity index (χ2n) is 5.17. The molecule has 1 unspecified atom stereocenters. The van der Waals surface area contributed by atoms with E-state index in [1.54, 1.807) is 4.68 Å². The van der Waals surface area contributed by atoms with Gasteiger partial charge in [0.2, 0.25) is 5.91 Å². The molecule has 0 aromatic carbocycles. The van der Waals surface area contributed by atoms with Crippen LogP contribution in [0.2, 0.25) is 0 Å². The number of amides is 1. The Labute approximate surface area is 114 Å². The Kier molecular flexibility index (Phi) is 4.55. The lowest BCUT2D eigenvalue weighted by atomic mass is 10.1. The van der Waals surface area contributed by atoms with Crippen LogP contribution in [0.25, 0.3) is 0 Å². The Morgan fingerprint density at radius 2 is 2.21 bits per heavy atom. The van der Waals surface area contributed by atoms with Crippen molar-refractivity contribution in [2.45, 2.75) is 13.0 Å². The van der Waals surface area contributed by atoms with Crippen LogP contribution in [0, 0.1) is 0 Å². The van der Waals surface area contributed by atoms with E-state index in [2.05, 4.69) is 22.2 Å². The molecular formula is C13H23N5O. The van der Waals surface area contributed by atoms with Gasteiger partial charge in [-0.2, -0.15) is 5.10 Å². The Morgan fingerprint density at radius 3 is 2.79 bits per heavy atom. The first-order chi connectivity index (χ1) is 9.08. The lowest BCUT2D eigenvalue weighted by Crippen LogP contribution is -2.49. The van der Waals surface area contributed by atoms with Crippen molar-refractivity contribution in [1.29, 1.82) is 0 Å². The number of carbonyl (C=O) groups excluding carboxylic acids is 1. The minimum absolute atomic E-state index is 0.195. The smallest absolute Gasteiger partial charge is 0.236 e. The van der Waals surface area contributed by atoms with Crippen molar-refractivity contribution in [3.8, 4) is 0 Å². The third kappa shape index (κ3) is 3.54. The maximum atomic E-state index is 12.2. The summed E-state index contributed by atoms with van der Waals surface area (Å²) in [6.45, 7) is 5.97. The molecule has 1 amide bonds. The first-order valence-corrected chi connectivity index (χ1v) is 6.75. The number of rotatable bonds is 4. The van der Waals surface area contributed by atoms with Crippen LogP contribution in [0.15, 0.2) is 12.4 Å². The molecule has 0 spiro atoms. The SMILES string of the molecule is CC(c1cnn(C)c1)N(C)CC(=O)N1CCNCC1. The van der Waals surface area contributed by atoms with Gasteiger partial charge in [0.15, 0.2) is 0 Å². The van der Waals surface area contributed by atoms with Gasteiger partial charge in [-0.3, -0.25) is 14.4 Å². The van der Waals surface area contributed by atoms with Crippen LogP contribution in [-0.4, -0.2) is 65.3 Å². The van der Waals surface area contributed by atoms with Gasteiger partial charge in [-0.05, 0) is 14.0 Å². The zero-order chi connectivity index (χ0) is 13.8. The van der Waals surface area contributed by atoms with Gasteiger partial charge in [-0.15, -0.1) is 0 Å². The summed E-state index contributed by atoms with van der Waals surface area (Å²) in [6, 6.07) is 0.195. The fourth-order valence-corrected chi connectivity index (χ4v) is 2.27. The fraction of sp³-hybridized carbons (Fsp3) is 0.692. The predicted octanol–water partition coefficient (Wildman–Crippen LogP) is -0.155. The molecule has 1 aliphatic heterocycles. The first kappa shape index (κ1) is 14.0. The molecule has 1 fully saturated rings. The molecule has 1 saturated heterocycles. The van der Waals surface area contributed by atoms with Gasteiger partial charge in [-0.1, -0.05) is 0 Å². The van der Waals surface area contributed by atoms with Crippen molar-refractivity contribution in [3.05, 3.63) is 18.0 Å². The summed E-state index contributed by atoms with van der Waals surface area (Å²) in [7, 11) is 3.89. The van der Waals surface area contributed by atoms with Crippen LogP contribution in [0.3, 0.4) is 0 Å². The van der Waals surface area contributed by atoms with E-state index in [1.165, 1.54) is 0 Å². The monoisotopic (exact) mass is 265 g/mol. The van der Waals surface area contributed by atoms with E-state index in [-0.39, 0.29) is 11.9 Å². The molecule has 6 heteroatoms. The standard InChI is InChI=1S/C13H23N5O/c1-11(12-8-15-17(3)9-12)16(2)10-13(19)18-6-4-14-5-7-18/h8-9,11,14H,4-7,10H2,1-3H3. The van der Waals surface area contributed by atoms with Gasteiger partial charge in [-0.25, -0.2) is 0 Å². The molecule has 0 saturated carbocycles. The second kappa shape index (κ2) is 6.16. The van der Waals surface area contributed by atoms with Crippen molar-refractivity contribution >= 4 is 5.91 Å². The zero-order valence-electron chi connectivity index (χ0n) is 12.0. The van der Waals surface area contributed by atoms with E-state index < -0.39 is 0 Å². The minimum Gasteiger partial charge on any atom is -0.339 e. The summed E-state index contributed by atoms with van der Waals surface area (Å²) < 4.78 is 1.79. The van der Waals surface area contributed by atoms with Crippen LogP contribution < -0.4 is 5.32 Å². The second-order valence-corrected chi connectivity index (χ2v) is 5.17. The third-order valence-electron chi connectivity index (χ3n) is 3.72. The van der Waals surface area contributed by atoms with E-state index in [1.807, 2.05) is 31.4 Å². The number of aryl methyl sites for hydroxylation is 1. The van der Waals surface area contributed by atoms with E-state index >= 15 is 0 Å². The summed E-state index contributed by atoms with van der Waals surface area (Å²) in [5.41, 5.74) is 1.14. The van der Waals surface area contributed by atoms with Gasteiger partial charge >= 0.3 is 0 Å². The highest BCUT2D eigenvalue weighted by molar-refractivity contribution is 5.78. The van der Waals surface area contributed by atoms with Crippen molar-refractivity contribution in [2.24, 2.45) is 7.05 Å². The van der Waals surface area contributed by atoms with E-state index in [0.717, 1.165) is 31.7 Å². The molecule has 0 bridgehead atoms. The third-order valence-corrected chi connectivity index (χ3v) is 3.72. The lowest BCUT2D eigenvalue weighted by Gasteiger charge is -2.30. The highest BCUT2D eigenvalue weighted by atomic mass is 16.2. The van der Waals surface area contributed by atoms with Crippen molar-refractivity contribution in [2.75, 3.05) is 39.8 Å². The maximum Gasteiger partial charge on any atom is 0.236 e. The Balaban J connectivity index is 1.89. The molecule has 2 heterocycles. The van der Waals surface area contributed by atoms with Gasteiger partial charge in [0.25, 0.3) is 0 Å². The van der Waals surface area contributed by atoms with Gasteiger partial charge in [0.1, 0.15) is 0 Å². The van der Waals surface area contributed by atoms with Crippen molar-refractivity contribution in [1.82, 2.24) is 24.9 Å². The van der Waals surface area contributed by atoms with E-state index in [9.17, 15) is 4.79 Å². The van der Waals surface area contributed by atoms with E-state index in [0.29, 0.717) is 6.54 Å². The topological polar surface area (TPSA) is 53.4 Å². The summed E-state index contributed by atoms with van der Waals surface area (Å²) in [5, 5.41) is 7.43. The number of carbonyl (C=O) groups is 1. The van der Waals surface area contributed by atoms with Crippen LogP contribution in [0.5, 0.6) is 0 Å². The van der Waals surface area contributed by atoms with E-state index in [4.69, 9.17) is 0 Å². The molecule has 106 valence electrons. The molecule has 1 aliphatic rings. The molecule has 1 aromatic heterocycles. The molecule has 1 atom stereocenters. The first-order valence-electron chi connectivity index (χ1n) is 6.75. The Hall–Kier alpha value is -1.40. The predicted molar refractivity (Wildman–Crippen MR) is 73.7 cm³/mol. The summed E-state index contributed by atoms with van der Waals surface area (Å²) in [4.78, 5) is 16.2. The number of likely N-dealkylation sites (N-methyl/N-ethyl adjacent to an activating group) is 1. The van der Waals surface area contributed by atoms with Gasteiger partial charge in [0.05, 0.1) is 12.7 Å². The van der Waals surface area contributed by atoms with Crippen LogP contribution in [-0.2, 0) is 11.8 Å². The van der Waals surface area contributed by atoms with Crippen molar-refractivity contribution in [3.63, 3.8) is 0 Å². The van der Waals surface area contributed by atoms with Crippen LogP contribution >= 0.6 is 0 Å². The number of hydrogen-bond donors (Lipinski definition) is 1. The summed E-state index contributed by atoms with van der Waals surface area (Å²) in [6.07, 6.45) is 3.85. The number of piperazine rings is 1. The molecule has 1 aromatic rings. The molecule has 1 N–H and O–H groups in total. The highest BCUT2D eigenvalue weighted by Crippen LogP contribution is 2.17. The molecule has 0 radical (unpaired) electrons. The number of aromatic nitrogens is 2. The summed E-state index contributed by atoms with van der Waals surface area (Å²) in [5.74, 6) is 0.208. The Morgan fingerprint density at radius 1 is 1.53 bits per heavy atom. The lowest BCUT2D eigenvalue weighted by molar-refractivity contribution is -0.133. The van der Waals surface area contributed by atoms with Gasteiger partial charge < -0.3 is 10.2 Å². The minimum atomic E-state index is 0.195. The molecule has 2 rings (SSSR count).